The van der Waals surface area contributed by atoms with Gasteiger partial charge in [-0.3, -0.25) is 4.90 Å². The molecule has 132 valence electrons. The number of morpholine rings is 1. The predicted octanol–water partition coefficient (Wildman–Crippen LogP) is 1.93. The summed E-state index contributed by atoms with van der Waals surface area (Å²) in [4.78, 5) is 25.3. The van der Waals surface area contributed by atoms with Crippen molar-refractivity contribution in [1.29, 1.82) is 0 Å². The summed E-state index contributed by atoms with van der Waals surface area (Å²) in [6.07, 6.45) is 5.82. The summed E-state index contributed by atoms with van der Waals surface area (Å²) in [6.45, 7) is 8.56. The Balaban J connectivity index is 2.08. The lowest BCUT2D eigenvalue weighted by Crippen LogP contribution is -2.37. The SMILES string of the molecule is CCCCC(C)OC(=O)/C=C/C(=O)OCCCN1CCOCC1. The van der Waals surface area contributed by atoms with Crippen LogP contribution in [0.15, 0.2) is 12.2 Å². The Kier molecular flexibility index (Phi) is 10.3. The molecule has 1 atom stereocenters. The molecule has 6 nitrogen and oxygen atoms in total. The highest BCUT2D eigenvalue weighted by Gasteiger charge is 2.10. The number of esters is 2. The molecule has 0 aromatic heterocycles. The molecule has 0 aromatic carbocycles. The van der Waals surface area contributed by atoms with Crippen LogP contribution in [0.3, 0.4) is 0 Å². The smallest absolute Gasteiger partial charge is 0.331 e. The van der Waals surface area contributed by atoms with Gasteiger partial charge in [-0.15, -0.1) is 0 Å². The molecule has 0 N–H and O–H groups in total. The van der Waals surface area contributed by atoms with Gasteiger partial charge in [0.25, 0.3) is 0 Å². The molecule has 23 heavy (non-hydrogen) atoms. The Morgan fingerprint density at radius 1 is 1.17 bits per heavy atom. The topological polar surface area (TPSA) is 65.1 Å². The largest absolute Gasteiger partial charge is 0.462 e. The van der Waals surface area contributed by atoms with Crippen molar-refractivity contribution in [2.75, 3.05) is 39.5 Å². The van der Waals surface area contributed by atoms with Crippen LogP contribution in [0.4, 0.5) is 0 Å². The average Bonchev–Trinajstić information content (AvgIpc) is 2.56. The van der Waals surface area contributed by atoms with Crippen molar-refractivity contribution in [2.24, 2.45) is 0 Å². The van der Waals surface area contributed by atoms with Crippen LogP contribution >= 0.6 is 0 Å². The third-order valence-electron chi connectivity index (χ3n) is 3.60. The summed E-state index contributed by atoms with van der Waals surface area (Å²) < 4.78 is 15.5. The van der Waals surface area contributed by atoms with E-state index in [-0.39, 0.29) is 6.10 Å². The van der Waals surface area contributed by atoms with Crippen LogP contribution in [-0.4, -0.2) is 62.4 Å². The lowest BCUT2D eigenvalue weighted by atomic mass is 10.2. The molecule has 1 heterocycles. The maximum Gasteiger partial charge on any atom is 0.331 e. The van der Waals surface area contributed by atoms with Crippen molar-refractivity contribution in [1.82, 2.24) is 4.90 Å². The first-order valence-electron chi connectivity index (χ1n) is 8.47. The van der Waals surface area contributed by atoms with Crippen LogP contribution in [-0.2, 0) is 23.8 Å². The van der Waals surface area contributed by atoms with Crippen molar-refractivity contribution in [3.05, 3.63) is 12.2 Å². The van der Waals surface area contributed by atoms with E-state index in [1.807, 2.05) is 6.92 Å². The van der Waals surface area contributed by atoms with Gasteiger partial charge in [-0.2, -0.15) is 0 Å². The summed E-state index contributed by atoms with van der Waals surface area (Å²) in [5, 5.41) is 0. The molecule has 6 heteroatoms. The second-order valence-electron chi connectivity index (χ2n) is 5.70. The van der Waals surface area contributed by atoms with E-state index in [4.69, 9.17) is 14.2 Å². The van der Waals surface area contributed by atoms with Crippen LogP contribution in [0, 0.1) is 0 Å². The lowest BCUT2D eigenvalue weighted by molar-refractivity contribution is -0.143. The average molecular weight is 327 g/mol. The van der Waals surface area contributed by atoms with Crippen LogP contribution in [0.5, 0.6) is 0 Å². The van der Waals surface area contributed by atoms with Crippen molar-refractivity contribution in [3.8, 4) is 0 Å². The molecule has 0 aliphatic carbocycles. The molecule has 1 saturated heterocycles. The minimum Gasteiger partial charge on any atom is -0.462 e. The third kappa shape index (κ3) is 10.1. The number of unbranched alkanes of at least 4 members (excludes halogenated alkanes) is 1. The van der Waals surface area contributed by atoms with Crippen molar-refractivity contribution in [3.63, 3.8) is 0 Å². The standard InChI is InChI=1S/C17H29NO5/c1-3-4-6-15(2)23-17(20)8-7-16(19)22-12-5-9-18-10-13-21-14-11-18/h7-8,15H,3-6,9-14H2,1-2H3/b8-7+. The Bertz CT molecular complexity index is 377. The molecule has 0 bridgehead atoms. The molecule has 1 fully saturated rings. The molecule has 1 rings (SSSR count). The zero-order valence-corrected chi connectivity index (χ0v) is 14.3. The van der Waals surface area contributed by atoms with Crippen LogP contribution in [0.1, 0.15) is 39.5 Å². The minimum absolute atomic E-state index is 0.128. The first-order chi connectivity index (χ1) is 11.1. The fourth-order valence-corrected chi connectivity index (χ4v) is 2.26. The fraction of sp³-hybridized carbons (Fsp3) is 0.765. The van der Waals surface area contributed by atoms with Crippen LogP contribution in [0.25, 0.3) is 0 Å². The van der Waals surface area contributed by atoms with Gasteiger partial charge < -0.3 is 14.2 Å². The fourth-order valence-electron chi connectivity index (χ4n) is 2.26. The molecule has 0 aromatic rings. The van der Waals surface area contributed by atoms with Gasteiger partial charge in [0.05, 0.1) is 25.9 Å². The van der Waals surface area contributed by atoms with Crippen LogP contribution < -0.4 is 0 Å². The Hall–Kier alpha value is -1.40. The maximum atomic E-state index is 11.5. The Morgan fingerprint density at radius 3 is 2.57 bits per heavy atom. The van der Waals surface area contributed by atoms with E-state index in [0.29, 0.717) is 6.61 Å². The number of hydrogen-bond acceptors (Lipinski definition) is 6. The van der Waals surface area contributed by atoms with Crippen molar-refractivity contribution < 1.29 is 23.8 Å². The normalized spacial score (nSPS) is 17.1. The zero-order chi connectivity index (χ0) is 16.9. The van der Waals surface area contributed by atoms with Gasteiger partial charge in [-0.05, 0) is 19.8 Å². The number of hydrogen-bond donors (Lipinski definition) is 0. The molecule has 0 amide bonds. The van der Waals surface area contributed by atoms with Gasteiger partial charge in [0, 0.05) is 31.8 Å². The highest BCUT2D eigenvalue weighted by Crippen LogP contribution is 2.04. The van der Waals surface area contributed by atoms with E-state index in [9.17, 15) is 9.59 Å². The molecule has 1 unspecified atom stereocenters. The van der Waals surface area contributed by atoms with E-state index in [1.54, 1.807) is 0 Å². The van der Waals surface area contributed by atoms with Gasteiger partial charge in [0.2, 0.25) is 0 Å². The molecular weight excluding hydrogens is 298 g/mol. The number of rotatable bonds is 10. The Morgan fingerprint density at radius 2 is 1.87 bits per heavy atom. The van der Waals surface area contributed by atoms with Crippen molar-refractivity contribution >= 4 is 11.9 Å². The summed E-state index contributed by atoms with van der Waals surface area (Å²) in [5.41, 5.74) is 0. The first kappa shape index (κ1) is 19.6. The summed E-state index contributed by atoms with van der Waals surface area (Å²) in [6, 6.07) is 0. The number of carbonyl (C=O) groups excluding carboxylic acids is 2. The van der Waals surface area contributed by atoms with Crippen molar-refractivity contribution in [2.45, 2.75) is 45.6 Å². The minimum atomic E-state index is -0.509. The molecule has 0 saturated carbocycles. The monoisotopic (exact) mass is 327 g/mol. The van der Waals surface area contributed by atoms with Gasteiger partial charge >= 0.3 is 11.9 Å². The Labute approximate surface area is 138 Å². The summed E-state index contributed by atoms with van der Waals surface area (Å²) >= 11 is 0. The first-order valence-corrected chi connectivity index (χ1v) is 8.47. The number of carbonyl (C=O) groups is 2. The third-order valence-corrected chi connectivity index (χ3v) is 3.60. The highest BCUT2D eigenvalue weighted by atomic mass is 16.5. The molecule has 1 aliphatic rings. The van der Waals surface area contributed by atoms with Gasteiger partial charge in [0.15, 0.2) is 0 Å². The second-order valence-corrected chi connectivity index (χ2v) is 5.70. The summed E-state index contributed by atoms with van der Waals surface area (Å²) in [5.74, 6) is -1.01. The van der Waals surface area contributed by atoms with Gasteiger partial charge in [-0.25, -0.2) is 9.59 Å². The van der Waals surface area contributed by atoms with Gasteiger partial charge in [0.1, 0.15) is 0 Å². The van der Waals surface area contributed by atoms with E-state index >= 15 is 0 Å². The quantitative estimate of drug-likeness (QED) is 0.347. The molecular formula is C17H29NO5. The number of ether oxygens (including phenoxy) is 3. The molecule has 0 spiro atoms. The predicted molar refractivity (Wildman–Crippen MR) is 87.1 cm³/mol. The number of nitrogens with zero attached hydrogens (tertiary/aromatic N) is 1. The van der Waals surface area contributed by atoms with E-state index in [1.165, 1.54) is 0 Å². The van der Waals surface area contributed by atoms with E-state index in [0.717, 1.165) is 70.7 Å². The molecule has 0 radical (unpaired) electrons. The zero-order valence-electron chi connectivity index (χ0n) is 14.3. The summed E-state index contributed by atoms with van der Waals surface area (Å²) in [7, 11) is 0. The maximum absolute atomic E-state index is 11.5. The van der Waals surface area contributed by atoms with Crippen LogP contribution in [0.2, 0.25) is 0 Å². The van der Waals surface area contributed by atoms with E-state index in [2.05, 4.69) is 11.8 Å². The van der Waals surface area contributed by atoms with Gasteiger partial charge in [-0.1, -0.05) is 19.8 Å². The highest BCUT2D eigenvalue weighted by molar-refractivity contribution is 5.91. The van der Waals surface area contributed by atoms with E-state index < -0.39 is 11.9 Å². The molecule has 1 aliphatic heterocycles. The second kappa shape index (κ2) is 12.1. The lowest BCUT2D eigenvalue weighted by Gasteiger charge is -2.26.